The molecule has 3 nitrogen and oxygen atoms in total. The zero-order chi connectivity index (χ0) is 13.1. The van der Waals surface area contributed by atoms with Gasteiger partial charge in [0.15, 0.2) is 5.65 Å². The molecule has 2 aromatic heterocycles. The average molecular weight is 266 g/mol. The van der Waals surface area contributed by atoms with E-state index in [1.807, 2.05) is 25.3 Å². The van der Waals surface area contributed by atoms with E-state index in [4.69, 9.17) is 11.6 Å². The fraction of sp³-hybridized carbons (Fsp3) is 0.571. The summed E-state index contributed by atoms with van der Waals surface area (Å²) in [6, 6.07) is 4.30. The largest absolute Gasteiger partial charge is 0.309 e. The summed E-state index contributed by atoms with van der Waals surface area (Å²) in [7, 11) is 0. The minimum absolute atomic E-state index is 0.0942. The van der Waals surface area contributed by atoms with Crippen LogP contribution in [0.2, 0.25) is 0 Å². The number of aromatic nitrogens is 3. The Kier molecular flexibility index (Phi) is 4.23. The van der Waals surface area contributed by atoms with E-state index in [-0.39, 0.29) is 5.38 Å². The van der Waals surface area contributed by atoms with Gasteiger partial charge in [0.05, 0.1) is 5.38 Å². The SMILES string of the molecule is CCCCC(C)n1c(C(C)Cl)nc2cccnc21. The van der Waals surface area contributed by atoms with Gasteiger partial charge in [0.25, 0.3) is 0 Å². The topological polar surface area (TPSA) is 30.7 Å². The second kappa shape index (κ2) is 5.70. The standard InChI is InChI=1S/C14H20ClN3/c1-4-5-7-10(2)18-13(11(3)15)17-12-8-6-9-16-14(12)18/h6,8-11H,4-5,7H2,1-3H3. The Morgan fingerprint density at radius 2 is 2.17 bits per heavy atom. The number of nitrogens with zero attached hydrogens (tertiary/aromatic N) is 3. The summed E-state index contributed by atoms with van der Waals surface area (Å²) in [6.07, 6.45) is 5.37. The third-order valence-corrected chi connectivity index (χ3v) is 3.44. The van der Waals surface area contributed by atoms with Crippen LogP contribution in [-0.2, 0) is 0 Å². The van der Waals surface area contributed by atoms with Crippen molar-refractivity contribution in [3.8, 4) is 0 Å². The molecule has 0 amide bonds. The van der Waals surface area contributed by atoms with Crippen LogP contribution in [0.4, 0.5) is 0 Å². The van der Waals surface area contributed by atoms with E-state index in [0.29, 0.717) is 6.04 Å². The van der Waals surface area contributed by atoms with Crippen molar-refractivity contribution in [2.45, 2.75) is 51.5 Å². The van der Waals surface area contributed by atoms with Crippen molar-refractivity contribution in [1.29, 1.82) is 0 Å². The van der Waals surface area contributed by atoms with Crippen molar-refractivity contribution in [2.75, 3.05) is 0 Å². The van der Waals surface area contributed by atoms with Gasteiger partial charge in [0.1, 0.15) is 11.3 Å². The molecule has 0 aliphatic heterocycles. The molecule has 98 valence electrons. The summed E-state index contributed by atoms with van der Waals surface area (Å²) in [5.74, 6) is 0.925. The summed E-state index contributed by atoms with van der Waals surface area (Å²) < 4.78 is 2.20. The van der Waals surface area contributed by atoms with Crippen LogP contribution in [0, 0.1) is 0 Å². The molecule has 0 aromatic carbocycles. The molecule has 2 rings (SSSR count). The van der Waals surface area contributed by atoms with Gasteiger partial charge < -0.3 is 4.57 Å². The van der Waals surface area contributed by atoms with Gasteiger partial charge in [-0.1, -0.05) is 19.8 Å². The zero-order valence-corrected chi connectivity index (χ0v) is 12.0. The number of fused-ring (bicyclic) bond motifs is 1. The smallest absolute Gasteiger partial charge is 0.160 e. The molecular formula is C14H20ClN3. The van der Waals surface area contributed by atoms with Gasteiger partial charge >= 0.3 is 0 Å². The second-order valence-electron chi connectivity index (χ2n) is 4.79. The van der Waals surface area contributed by atoms with Crippen LogP contribution in [-0.4, -0.2) is 14.5 Å². The number of hydrogen-bond acceptors (Lipinski definition) is 2. The van der Waals surface area contributed by atoms with Gasteiger partial charge in [0, 0.05) is 12.2 Å². The number of hydrogen-bond donors (Lipinski definition) is 0. The molecule has 0 N–H and O–H groups in total. The van der Waals surface area contributed by atoms with E-state index in [1.165, 1.54) is 12.8 Å². The van der Waals surface area contributed by atoms with Gasteiger partial charge in [-0.15, -0.1) is 11.6 Å². The first-order valence-corrected chi connectivity index (χ1v) is 7.05. The minimum atomic E-state index is -0.0942. The van der Waals surface area contributed by atoms with Crippen molar-refractivity contribution in [3.63, 3.8) is 0 Å². The van der Waals surface area contributed by atoms with Gasteiger partial charge in [-0.05, 0) is 32.4 Å². The maximum absolute atomic E-state index is 6.25. The molecule has 0 saturated carbocycles. The second-order valence-corrected chi connectivity index (χ2v) is 5.45. The molecule has 0 saturated heterocycles. The fourth-order valence-corrected chi connectivity index (χ4v) is 2.44. The summed E-state index contributed by atoms with van der Waals surface area (Å²) in [6.45, 7) is 6.39. The molecule has 2 atom stereocenters. The molecule has 18 heavy (non-hydrogen) atoms. The van der Waals surface area contributed by atoms with Crippen LogP contribution >= 0.6 is 11.6 Å². The normalized spacial score (nSPS) is 14.9. The number of rotatable bonds is 5. The van der Waals surface area contributed by atoms with E-state index in [2.05, 4.69) is 28.4 Å². The van der Waals surface area contributed by atoms with Crippen molar-refractivity contribution in [1.82, 2.24) is 14.5 Å². The maximum Gasteiger partial charge on any atom is 0.160 e. The summed E-state index contributed by atoms with van der Waals surface area (Å²) in [5, 5.41) is -0.0942. The van der Waals surface area contributed by atoms with Crippen LogP contribution in [0.1, 0.15) is 57.3 Å². The van der Waals surface area contributed by atoms with E-state index in [9.17, 15) is 0 Å². The maximum atomic E-state index is 6.25. The number of imidazole rings is 1. The summed E-state index contributed by atoms with van der Waals surface area (Å²) in [4.78, 5) is 9.07. The monoisotopic (exact) mass is 265 g/mol. The lowest BCUT2D eigenvalue weighted by Gasteiger charge is -2.17. The highest BCUT2D eigenvalue weighted by Crippen LogP contribution is 2.28. The Balaban J connectivity index is 2.47. The van der Waals surface area contributed by atoms with Crippen LogP contribution in [0.25, 0.3) is 11.2 Å². The van der Waals surface area contributed by atoms with Gasteiger partial charge in [0.2, 0.25) is 0 Å². The fourth-order valence-electron chi connectivity index (χ4n) is 2.29. The Bertz CT molecular complexity index is 519. The first-order chi connectivity index (χ1) is 8.65. The molecule has 0 aliphatic carbocycles. The van der Waals surface area contributed by atoms with Crippen molar-refractivity contribution < 1.29 is 0 Å². The van der Waals surface area contributed by atoms with Gasteiger partial charge in [-0.25, -0.2) is 9.97 Å². The van der Waals surface area contributed by atoms with E-state index in [1.54, 1.807) is 0 Å². The lowest BCUT2D eigenvalue weighted by molar-refractivity contribution is 0.478. The molecule has 2 aromatic rings. The van der Waals surface area contributed by atoms with Crippen LogP contribution in [0.5, 0.6) is 0 Å². The van der Waals surface area contributed by atoms with E-state index < -0.39 is 0 Å². The zero-order valence-electron chi connectivity index (χ0n) is 11.2. The molecule has 0 aliphatic rings. The highest BCUT2D eigenvalue weighted by molar-refractivity contribution is 6.20. The molecule has 2 unspecified atom stereocenters. The van der Waals surface area contributed by atoms with Crippen LogP contribution < -0.4 is 0 Å². The predicted octanol–water partition coefficient (Wildman–Crippen LogP) is 4.48. The molecule has 0 radical (unpaired) electrons. The van der Waals surface area contributed by atoms with E-state index in [0.717, 1.165) is 23.4 Å². The molecular weight excluding hydrogens is 246 g/mol. The van der Waals surface area contributed by atoms with Crippen LogP contribution in [0.15, 0.2) is 18.3 Å². The summed E-state index contributed by atoms with van der Waals surface area (Å²) in [5.41, 5.74) is 1.88. The third-order valence-electron chi connectivity index (χ3n) is 3.25. The van der Waals surface area contributed by atoms with Crippen molar-refractivity contribution in [3.05, 3.63) is 24.2 Å². The molecule has 0 spiro atoms. The Labute approximate surface area is 113 Å². The Morgan fingerprint density at radius 1 is 1.39 bits per heavy atom. The van der Waals surface area contributed by atoms with Crippen molar-refractivity contribution >= 4 is 22.8 Å². The molecule has 2 heterocycles. The molecule has 4 heteroatoms. The summed E-state index contributed by atoms with van der Waals surface area (Å²) >= 11 is 6.25. The highest BCUT2D eigenvalue weighted by Gasteiger charge is 2.19. The highest BCUT2D eigenvalue weighted by atomic mass is 35.5. The molecule has 0 fully saturated rings. The Hall–Kier alpha value is -1.09. The van der Waals surface area contributed by atoms with Crippen molar-refractivity contribution in [2.24, 2.45) is 0 Å². The molecule has 0 bridgehead atoms. The number of unbranched alkanes of at least 4 members (excludes halogenated alkanes) is 1. The predicted molar refractivity (Wildman–Crippen MR) is 76.0 cm³/mol. The first kappa shape index (κ1) is 13.3. The number of alkyl halides is 1. The minimum Gasteiger partial charge on any atom is -0.309 e. The number of halogens is 1. The van der Waals surface area contributed by atoms with E-state index >= 15 is 0 Å². The first-order valence-electron chi connectivity index (χ1n) is 6.62. The third kappa shape index (κ3) is 2.51. The van der Waals surface area contributed by atoms with Crippen LogP contribution in [0.3, 0.4) is 0 Å². The Morgan fingerprint density at radius 3 is 2.83 bits per heavy atom. The van der Waals surface area contributed by atoms with Gasteiger partial charge in [-0.3, -0.25) is 0 Å². The average Bonchev–Trinajstić information content (AvgIpc) is 2.75. The number of pyridine rings is 1. The lowest BCUT2D eigenvalue weighted by atomic mass is 10.1. The lowest BCUT2D eigenvalue weighted by Crippen LogP contribution is -2.10. The quantitative estimate of drug-likeness (QED) is 0.746. The van der Waals surface area contributed by atoms with Gasteiger partial charge in [-0.2, -0.15) is 0 Å².